The van der Waals surface area contributed by atoms with Gasteiger partial charge in [0.2, 0.25) is 0 Å². The van der Waals surface area contributed by atoms with Gasteiger partial charge in [-0.2, -0.15) is 0 Å². The van der Waals surface area contributed by atoms with Crippen LogP contribution in [-0.2, 0) is 28.6 Å². The molecule has 1 unspecified atom stereocenters. The maximum absolute atomic E-state index is 12.9. The molecule has 0 N–H and O–H groups in total. The van der Waals surface area contributed by atoms with E-state index in [1.165, 1.54) is 199 Å². The number of rotatable bonds is 55. The number of ether oxygens (including phenoxy) is 3. The molecule has 0 radical (unpaired) electrons. The van der Waals surface area contributed by atoms with E-state index in [1.54, 1.807) is 0 Å². The highest BCUT2D eigenvalue weighted by atomic mass is 16.6. The lowest BCUT2D eigenvalue weighted by atomic mass is 10.0. The van der Waals surface area contributed by atoms with Crippen LogP contribution in [-0.4, -0.2) is 37.2 Å². The molecule has 0 aliphatic rings. The average molecular weight is 956 g/mol. The van der Waals surface area contributed by atoms with E-state index in [0.29, 0.717) is 19.3 Å². The maximum atomic E-state index is 12.9. The monoisotopic (exact) mass is 955 g/mol. The lowest BCUT2D eigenvalue weighted by Gasteiger charge is -2.18. The molecule has 0 spiro atoms. The zero-order valence-corrected chi connectivity index (χ0v) is 45.6. The first kappa shape index (κ1) is 65.6. The van der Waals surface area contributed by atoms with Crippen LogP contribution >= 0.6 is 0 Å². The van der Waals surface area contributed by atoms with Gasteiger partial charge >= 0.3 is 17.9 Å². The van der Waals surface area contributed by atoms with Crippen molar-refractivity contribution in [2.75, 3.05) is 13.2 Å². The van der Waals surface area contributed by atoms with E-state index in [9.17, 15) is 14.4 Å². The molecule has 6 nitrogen and oxygen atoms in total. The molecule has 0 aromatic heterocycles. The second-order valence-corrected chi connectivity index (χ2v) is 20.2. The predicted octanol–water partition coefficient (Wildman–Crippen LogP) is 20.0. The van der Waals surface area contributed by atoms with Gasteiger partial charge in [0, 0.05) is 19.3 Å². The Hall–Kier alpha value is -2.37. The van der Waals surface area contributed by atoms with Gasteiger partial charge in [-0.3, -0.25) is 14.4 Å². The number of unbranched alkanes of at least 4 members (excludes halogenated alkanes) is 38. The summed E-state index contributed by atoms with van der Waals surface area (Å²) in [4.78, 5) is 38.2. The van der Waals surface area contributed by atoms with Gasteiger partial charge in [0.15, 0.2) is 6.10 Å². The van der Waals surface area contributed by atoms with Crippen molar-refractivity contribution in [2.24, 2.45) is 0 Å². The van der Waals surface area contributed by atoms with Crippen LogP contribution in [0.3, 0.4) is 0 Å². The first-order valence-corrected chi connectivity index (χ1v) is 30.0. The molecule has 0 aromatic rings. The van der Waals surface area contributed by atoms with Crippen molar-refractivity contribution in [3.63, 3.8) is 0 Å². The topological polar surface area (TPSA) is 78.9 Å². The Labute approximate surface area is 423 Å². The summed E-state index contributed by atoms with van der Waals surface area (Å²) in [6.45, 7) is 6.57. The first-order chi connectivity index (χ1) is 33.5. The number of allylic oxidation sites excluding steroid dienone is 6. The summed E-state index contributed by atoms with van der Waals surface area (Å²) in [7, 11) is 0. The third kappa shape index (κ3) is 54.6. The minimum absolute atomic E-state index is 0.0753. The summed E-state index contributed by atoms with van der Waals surface area (Å²) in [5.74, 6) is -0.871. The Morgan fingerprint density at radius 1 is 0.309 bits per heavy atom. The van der Waals surface area contributed by atoms with Crippen molar-refractivity contribution in [1.29, 1.82) is 0 Å². The van der Waals surface area contributed by atoms with Gasteiger partial charge in [0.25, 0.3) is 0 Å². The van der Waals surface area contributed by atoms with Crippen molar-refractivity contribution in [3.8, 4) is 0 Å². The smallest absolute Gasteiger partial charge is 0.306 e. The summed E-state index contributed by atoms with van der Waals surface area (Å²) in [6.07, 6.45) is 68.5. The minimum Gasteiger partial charge on any atom is -0.462 e. The molecular formula is C62H114O6. The van der Waals surface area contributed by atoms with Crippen LogP contribution in [0.2, 0.25) is 0 Å². The van der Waals surface area contributed by atoms with Gasteiger partial charge < -0.3 is 14.2 Å². The molecule has 0 aliphatic heterocycles. The fourth-order valence-electron chi connectivity index (χ4n) is 8.89. The molecule has 0 saturated carbocycles. The standard InChI is InChI=1S/C62H114O6/c1-4-7-10-13-16-19-22-25-28-30-32-34-37-40-43-46-49-52-55-61(64)67-58-59(57-66-60(63)54-51-48-45-42-39-36-27-24-21-18-15-12-9-6-3)68-62(65)56-53-50-47-44-41-38-35-33-31-29-26-23-20-17-14-11-8-5-2/h9,12,18,21,32,34,59H,4-8,10-11,13-17,19-20,22-31,33,35-58H2,1-3H3/b12-9-,21-18-,34-32-. The molecule has 1 atom stereocenters. The van der Waals surface area contributed by atoms with Crippen LogP contribution in [0.5, 0.6) is 0 Å². The van der Waals surface area contributed by atoms with E-state index in [-0.39, 0.29) is 31.1 Å². The normalized spacial score (nSPS) is 12.2. The van der Waals surface area contributed by atoms with Crippen LogP contribution < -0.4 is 0 Å². The molecule has 0 fully saturated rings. The Balaban J connectivity index is 4.34. The van der Waals surface area contributed by atoms with E-state index in [0.717, 1.165) is 83.5 Å². The molecule has 0 rings (SSSR count). The van der Waals surface area contributed by atoms with Gasteiger partial charge in [-0.1, -0.05) is 269 Å². The second-order valence-electron chi connectivity index (χ2n) is 20.2. The maximum Gasteiger partial charge on any atom is 0.306 e. The van der Waals surface area contributed by atoms with Gasteiger partial charge in [0.05, 0.1) is 0 Å². The molecule has 0 bridgehead atoms. The highest BCUT2D eigenvalue weighted by Gasteiger charge is 2.19. The highest BCUT2D eigenvalue weighted by Crippen LogP contribution is 2.17. The minimum atomic E-state index is -0.776. The molecule has 0 aliphatic carbocycles. The van der Waals surface area contributed by atoms with Crippen LogP contribution in [0.15, 0.2) is 36.5 Å². The Kier molecular flexibility index (Phi) is 55.2. The van der Waals surface area contributed by atoms with Crippen molar-refractivity contribution >= 4 is 17.9 Å². The molecule has 68 heavy (non-hydrogen) atoms. The Bertz CT molecular complexity index is 1140. The first-order valence-electron chi connectivity index (χ1n) is 30.0. The van der Waals surface area contributed by atoms with Crippen molar-refractivity contribution in [3.05, 3.63) is 36.5 Å². The van der Waals surface area contributed by atoms with Gasteiger partial charge in [-0.05, 0) is 70.6 Å². The van der Waals surface area contributed by atoms with E-state index in [4.69, 9.17) is 14.2 Å². The van der Waals surface area contributed by atoms with Crippen LogP contribution in [0.4, 0.5) is 0 Å². The van der Waals surface area contributed by atoms with E-state index in [1.807, 2.05) is 0 Å². The SMILES string of the molecule is CC/C=C\C/C=C\CCCCCCCCCC(=O)OCC(COC(=O)CCCCCCC/C=C\CCCCCCCCCCC)OC(=O)CCCCCCCCCCCCCCCCCCCC. The third-order valence-corrected chi connectivity index (χ3v) is 13.4. The van der Waals surface area contributed by atoms with Crippen LogP contribution in [0, 0.1) is 0 Å². The quantitative estimate of drug-likeness (QED) is 0.0262. The predicted molar refractivity (Wildman–Crippen MR) is 293 cm³/mol. The molecule has 0 heterocycles. The third-order valence-electron chi connectivity index (χ3n) is 13.4. The zero-order valence-electron chi connectivity index (χ0n) is 45.6. The number of carbonyl (C=O) groups is 3. The van der Waals surface area contributed by atoms with E-state index >= 15 is 0 Å². The van der Waals surface area contributed by atoms with E-state index < -0.39 is 6.10 Å². The van der Waals surface area contributed by atoms with Gasteiger partial charge in [-0.25, -0.2) is 0 Å². The second kappa shape index (κ2) is 57.2. The zero-order chi connectivity index (χ0) is 49.3. The number of carbonyl (C=O) groups excluding carboxylic acids is 3. The largest absolute Gasteiger partial charge is 0.462 e. The molecular weight excluding hydrogens is 841 g/mol. The fraction of sp³-hybridized carbons (Fsp3) is 0.855. The number of hydrogen-bond acceptors (Lipinski definition) is 6. The fourth-order valence-corrected chi connectivity index (χ4v) is 8.89. The van der Waals surface area contributed by atoms with Gasteiger partial charge in [0.1, 0.15) is 13.2 Å². The number of hydrogen-bond donors (Lipinski definition) is 0. The summed E-state index contributed by atoms with van der Waals surface area (Å²) in [5.41, 5.74) is 0. The molecule has 0 amide bonds. The Morgan fingerprint density at radius 2 is 0.574 bits per heavy atom. The summed E-state index contributed by atoms with van der Waals surface area (Å²) in [5, 5.41) is 0. The lowest BCUT2D eigenvalue weighted by Crippen LogP contribution is -2.30. The van der Waals surface area contributed by atoms with Crippen molar-refractivity contribution in [1.82, 2.24) is 0 Å². The van der Waals surface area contributed by atoms with Crippen LogP contribution in [0.25, 0.3) is 0 Å². The van der Waals surface area contributed by atoms with Crippen LogP contribution in [0.1, 0.15) is 323 Å². The molecule has 398 valence electrons. The molecule has 0 aromatic carbocycles. The molecule has 0 saturated heterocycles. The summed E-state index contributed by atoms with van der Waals surface area (Å²) in [6, 6.07) is 0. The van der Waals surface area contributed by atoms with Crippen molar-refractivity contribution < 1.29 is 28.6 Å². The lowest BCUT2D eigenvalue weighted by molar-refractivity contribution is -0.167. The number of esters is 3. The summed E-state index contributed by atoms with van der Waals surface area (Å²) >= 11 is 0. The van der Waals surface area contributed by atoms with Crippen molar-refractivity contribution in [2.45, 2.75) is 329 Å². The summed E-state index contributed by atoms with van der Waals surface area (Å²) < 4.78 is 16.9. The Morgan fingerprint density at radius 3 is 0.897 bits per heavy atom. The molecule has 6 heteroatoms. The average Bonchev–Trinajstić information content (AvgIpc) is 3.34. The highest BCUT2D eigenvalue weighted by molar-refractivity contribution is 5.71. The van der Waals surface area contributed by atoms with Gasteiger partial charge in [-0.15, -0.1) is 0 Å². The van der Waals surface area contributed by atoms with E-state index in [2.05, 4.69) is 57.2 Å².